The number of carbonyl (C=O) groups is 1. The van der Waals surface area contributed by atoms with E-state index in [9.17, 15) is 4.79 Å². The van der Waals surface area contributed by atoms with Crippen molar-refractivity contribution < 1.29 is 4.79 Å². The molecular weight excluding hydrogens is 296 g/mol. The van der Waals surface area contributed by atoms with Crippen LogP contribution < -0.4 is 5.32 Å². The zero-order valence-corrected chi connectivity index (χ0v) is 13.8. The van der Waals surface area contributed by atoms with Gasteiger partial charge in [-0.1, -0.05) is 60.7 Å². The van der Waals surface area contributed by atoms with Gasteiger partial charge in [0, 0.05) is 13.1 Å². The van der Waals surface area contributed by atoms with Gasteiger partial charge >= 0.3 is 0 Å². The van der Waals surface area contributed by atoms with Crippen LogP contribution in [0.3, 0.4) is 0 Å². The summed E-state index contributed by atoms with van der Waals surface area (Å²) < 4.78 is 0. The van der Waals surface area contributed by atoms with Gasteiger partial charge in [0.05, 0.1) is 5.92 Å². The Balaban J connectivity index is 0.00000242. The molecule has 0 spiro atoms. The Morgan fingerprint density at radius 3 is 1.82 bits per heavy atom. The molecule has 2 rings (SSSR count). The van der Waals surface area contributed by atoms with E-state index in [1.807, 2.05) is 74.8 Å². The third kappa shape index (κ3) is 5.17. The standard InChI is InChI=1S/C18H22N2O.ClH/c1-20(2)14-13-19-18(21)17(15-9-5-3-6-10-15)16-11-7-4-8-12-16;/h3-12,17H,13-14H2,1-2H3,(H,19,21);1H. The third-order valence-corrected chi connectivity index (χ3v) is 3.39. The van der Waals surface area contributed by atoms with Gasteiger partial charge in [0.15, 0.2) is 0 Å². The second kappa shape index (κ2) is 9.23. The summed E-state index contributed by atoms with van der Waals surface area (Å²) in [5.41, 5.74) is 2.04. The predicted molar refractivity (Wildman–Crippen MR) is 93.5 cm³/mol. The fourth-order valence-corrected chi connectivity index (χ4v) is 2.29. The van der Waals surface area contributed by atoms with E-state index < -0.39 is 0 Å². The number of benzene rings is 2. The molecule has 0 bridgehead atoms. The quantitative estimate of drug-likeness (QED) is 0.888. The van der Waals surface area contributed by atoms with Crippen molar-refractivity contribution in [2.75, 3.05) is 27.2 Å². The summed E-state index contributed by atoms with van der Waals surface area (Å²) in [6.07, 6.45) is 0. The first-order chi connectivity index (χ1) is 10.2. The Bertz CT molecular complexity index is 518. The molecule has 0 fully saturated rings. The van der Waals surface area contributed by atoms with Gasteiger partial charge in [-0.05, 0) is 25.2 Å². The molecule has 0 aromatic heterocycles. The van der Waals surface area contributed by atoms with E-state index in [1.165, 1.54) is 0 Å². The highest BCUT2D eigenvalue weighted by Gasteiger charge is 2.21. The van der Waals surface area contributed by atoms with E-state index in [0.717, 1.165) is 17.7 Å². The summed E-state index contributed by atoms with van der Waals surface area (Å²) in [5.74, 6) is -0.205. The Kier molecular flexibility index (Phi) is 7.64. The van der Waals surface area contributed by atoms with Crippen molar-refractivity contribution in [1.29, 1.82) is 0 Å². The fourth-order valence-electron chi connectivity index (χ4n) is 2.29. The number of carbonyl (C=O) groups excluding carboxylic acids is 1. The molecule has 0 saturated carbocycles. The number of halogens is 1. The van der Waals surface area contributed by atoms with Crippen LogP contribution in [0.1, 0.15) is 17.0 Å². The van der Waals surface area contributed by atoms with Gasteiger partial charge in [0.1, 0.15) is 0 Å². The van der Waals surface area contributed by atoms with Crippen LogP contribution in [0.5, 0.6) is 0 Å². The van der Waals surface area contributed by atoms with Crippen LogP contribution in [-0.2, 0) is 4.79 Å². The fraction of sp³-hybridized carbons (Fsp3) is 0.278. The first kappa shape index (κ1) is 18.2. The van der Waals surface area contributed by atoms with E-state index in [0.29, 0.717) is 6.54 Å². The molecule has 0 saturated heterocycles. The zero-order valence-electron chi connectivity index (χ0n) is 13.0. The Hall–Kier alpha value is -1.84. The maximum Gasteiger partial charge on any atom is 0.232 e. The minimum atomic E-state index is -0.255. The highest BCUT2D eigenvalue weighted by molar-refractivity contribution is 5.87. The van der Waals surface area contributed by atoms with E-state index in [-0.39, 0.29) is 24.2 Å². The summed E-state index contributed by atoms with van der Waals surface area (Å²) in [5, 5.41) is 3.03. The van der Waals surface area contributed by atoms with Crippen LogP contribution in [0, 0.1) is 0 Å². The summed E-state index contributed by atoms with van der Waals surface area (Å²) in [4.78, 5) is 14.7. The molecule has 22 heavy (non-hydrogen) atoms. The molecule has 1 N–H and O–H groups in total. The number of likely N-dealkylation sites (N-methyl/N-ethyl adjacent to an activating group) is 1. The van der Waals surface area contributed by atoms with Crippen LogP contribution in [0.15, 0.2) is 60.7 Å². The SMILES string of the molecule is CN(C)CCNC(=O)C(c1ccccc1)c1ccccc1.Cl. The van der Waals surface area contributed by atoms with Crippen molar-refractivity contribution in [3.63, 3.8) is 0 Å². The Morgan fingerprint density at radius 1 is 0.955 bits per heavy atom. The van der Waals surface area contributed by atoms with Crippen LogP contribution in [0.25, 0.3) is 0 Å². The number of amides is 1. The minimum absolute atomic E-state index is 0. The Labute approximate surface area is 138 Å². The molecule has 4 heteroatoms. The van der Waals surface area contributed by atoms with Crippen molar-refractivity contribution >= 4 is 18.3 Å². The van der Waals surface area contributed by atoms with Gasteiger partial charge in [-0.15, -0.1) is 12.4 Å². The molecule has 2 aromatic carbocycles. The normalized spacial score (nSPS) is 10.4. The molecule has 0 aliphatic rings. The molecule has 118 valence electrons. The van der Waals surface area contributed by atoms with Crippen molar-refractivity contribution in [2.45, 2.75) is 5.92 Å². The molecule has 0 aliphatic heterocycles. The van der Waals surface area contributed by atoms with Gasteiger partial charge < -0.3 is 10.2 Å². The second-order valence-electron chi connectivity index (χ2n) is 5.35. The molecule has 1 amide bonds. The van der Waals surface area contributed by atoms with Crippen LogP contribution in [0.2, 0.25) is 0 Å². The van der Waals surface area contributed by atoms with Gasteiger partial charge in [-0.3, -0.25) is 4.79 Å². The third-order valence-electron chi connectivity index (χ3n) is 3.39. The summed E-state index contributed by atoms with van der Waals surface area (Å²) in [6, 6.07) is 19.8. The first-order valence-electron chi connectivity index (χ1n) is 7.21. The maximum atomic E-state index is 12.6. The molecule has 2 aromatic rings. The first-order valence-corrected chi connectivity index (χ1v) is 7.21. The number of nitrogens with one attached hydrogen (secondary N) is 1. The maximum absolute atomic E-state index is 12.6. The van der Waals surface area contributed by atoms with Crippen LogP contribution in [-0.4, -0.2) is 38.0 Å². The average Bonchev–Trinajstić information content (AvgIpc) is 2.49. The smallest absolute Gasteiger partial charge is 0.232 e. The van der Waals surface area contributed by atoms with E-state index in [4.69, 9.17) is 0 Å². The summed E-state index contributed by atoms with van der Waals surface area (Å²) in [6.45, 7) is 1.49. The average molecular weight is 319 g/mol. The monoisotopic (exact) mass is 318 g/mol. The van der Waals surface area contributed by atoms with E-state index in [2.05, 4.69) is 10.2 Å². The topological polar surface area (TPSA) is 32.3 Å². The molecular formula is C18H23ClN2O. The molecule has 0 unspecified atom stereocenters. The van der Waals surface area contributed by atoms with Gasteiger partial charge in [0.2, 0.25) is 5.91 Å². The van der Waals surface area contributed by atoms with Crippen molar-refractivity contribution in [1.82, 2.24) is 10.2 Å². The summed E-state index contributed by atoms with van der Waals surface area (Å²) in [7, 11) is 4.00. The number of rotatable bonds is 6. The highest BCUT2D eigenvalue weighted by Crippen LogP contribution is 2.24. The predicted octanol–water partition coefficient (Wildman–Crippen LogP) is 2.92. The van der Waals surface area contributed by atoms with Crippen LogP contribution >= 0.6 is 12.4 Å². The van der Waals surface area contributed by atoms with Crippen molar-refractivity contribution in [2.24, 2.45) is 0 Å². The molecule has 3 nitrogen and oxygen atoms in total. The molecule has 0 heterocycles. The summed E-state index contributed by atoms with van der Waals surface area (Å²) >= 11 is 0. The van der Waals surface area contributed by atoms with Crippen LogP contribution in [0.4, 0.5) is 0 Å². The lowest BCUT2D eigenvalue weighted by molar-refractivity contribution is -0.121. The van der Waals surface area contributed by atoms with Gasteiger partial charge in [-0.2, -0.15) is 0 Å². The number of hydrogen-bond donors (Lipinski definition) is 1. The lowest BCUT2D eigenvalue weighted by Crippen LogP contribution is -2.35. The number of hydrogen-bond acceptors (Lipinski definition) is 2. The van der Waals surface area contributed by atoms with E-state index in [1.54, 1.807) is 0 Å². The van der Waals surface area contributed by atoms with Gasteiger partial charge in [0.25, 0.3) is 0 Å². The largest absolute Gasteiger partial charge is 0.354 e. The Morgan fingerprint density at radius 2 is 1.41 bits per heavy atom. The van der Waals surface area contributed by atoms with Crippen molar-refractivity contribution in [3.8, 4) is 0 Å². The van der Waals surface area contributed by atoms with E-state index >= 15 is 0 Å². The molecule has 0 radical (unpaired) electrons. The van der Waals surface area contributed by atoms with Gasteiger partial charge in [-0.25, -0.2) is 0 Å². The zero-order chi connectivity index (χ0) is 15.1. The number of nitrogens with zero attached hydrogens (tertiary/aromatic N) is 1. The highest BCUT2D eigenvalue weighted by atomic mass is 35.5. The lowest BCUT2D eigenvalue weighted by atomic mass is 9.90. The lowest BCUT2D eigenvalue weighted by Gasteiger charge is -2.18. The molecule has 0 atom stereocenters. The molecule has 0 aliphatic carbocycles. The second-order valence-corrected chi connectivity index (χ2v) is 5.35. The van der Waals surface area contributed by atoms with Crippen molar-refractivity contribution in [3.05, 3.63) is 71.8 Å². The minimum Gasteiger partial charge on any atom is -0.354 e.